The highest BCUT2D eigenvalue weighted by Crippen LogP contribution is 2.25. The Labute approximate surface area is 115 Å². The smallest absolute Gasteiger partial charge is 0.322 e. The van der Waals surface area contributed by atoms with Crippen LogP contribution in [0.4, 0.5) is 0 Å². The maximum Gasteiger partial charge on any atom is 0.322 e. The number of nitrogens with zero attached hydrogens (tertiary/aromatic N) is 1. The Bertz CT molecular complexity index is 636. The van der Waals surface area contributed by atoms with Crippen molar-refractivity contribution in [3.05, 3.63) is 24.3 Å². The second-order valence-corrected chi connectivity index (χ2v) is 6.21. The fourth-order valence-electron chi connectivity index (χ4n) is 2.01. The van der Waals surface area contributed by atoms with Crippen molar-refractivity contribution in [2.75, 3.05) is 13.7 Å². The fraction of sp³-hybridized carbons (Fsp3) is 0.333. The highest BCUT2D eigenvalue weighted by molar-refractivity contribution is 7.89. The molecule has 7 nitrogen and oxygen atoms in total. The monoisotopic (exact) mass is 299 g/mol. The summed E-state index contributed by atoms with van der Waals surface area (Å²) in [6, 6.07) is 4.21. The van der Waals surface area contributed by atoms with Gasteiger partial charge in [-0.1, -0.05) is 0 Å². The average Bonchev–Trinajstić information content (AvgIpc) is 2.82. The molecule has 2 rings (SSSR count). The summed E-state index contributed by atoms with van der Waals surface area (Å²) in [5.41, 5.74) is 0. The molecular formula is C12H13NO6S. The molecule has 0 spiro atoms. The van der Waals surface area contributed by atoms with Crippen LogP contribution in [0.25, 0.3) is 0 Å². The normalized spacial score (nSPS) is 20.1. The lowest BCUT2D eigenvalue weighted by Gasteiger charge is -2.20. The first-order valence-electron chi connectivity index (χ1n) is 5.76. The van der Waals surface area contributed by atoms with Gasteiger partial charge in [0.2, 0.25) is 10.0 Å². The molecule has 1 N–H and O–H groups in total. The molecule has 1 aliphatic heterocycles. The van der Waals surface area contributed by atoms with Gasteiger partial charge in [0.15, 0.2) is 0 Å². The Hall–Kier alpha value is -1.93. The number of carbonyl (C=O) groups excluding carboxylic acids is 1. The summed E-state index contributed by atoms with van der Waals surface area (Å²) in [4.78, 5) is 22.3. The summed E-state index contributed by atoms with van der Waals surface area (Å²) in [5, 5.41) is 9.02. The summed E-state index contributed by atoms with van der Waals surface area (Å²) >= 11 is 0. The molecule has 1 aromatic carbocycles. The maximum atomic E-state index is 12.4. The van der Waals surface area contributed by atoms with Crippen molar-refractivity contribution in [1.29, 1.82) is 0 Å². The van der Waals surface area contributed by atoms with Crippen molar-refractivity contribution >= 4 is 21.8 Å². The van der Waals surface area contributed by atoms with Gasteiger partial charge in [-0.2, -0.15) is 4.31 Å². The molecule has 0 bridgehead atoms. The number of rotatable bonds is 4. The number of hydrogen-bond acceptors (Lipinski definition) is 5. The zero-order valence-corrected chi connectivity index (χ0v) is 11.5. The molecule has 8 heteroatoms. The Balaban J connectivity index is 2.38. The van der Waals surface area contributed by atoms with Gasteiger partial charge in [-0.25, -0.2) is 8.42 Å². The van der Waals surface area contributed by atoms with Crippen LogP contribution in [0.3, 0.4) is 0 Å². The van der Waals surface area contributed by atoms with E-state index in [0.29, 0.717) is 5.75 Å². The molecule has 1 fully saturated rings. The van der Waals surface area contributed by atoms with Gasteiger partial charge in [0.1, 0.15) is 17.6 Å². The van der Waals surface area contributed by atoms with Gasteiger partial charge in [-0.3, -0.25) is 9.59 Å². The summed E-state index contributed by atoms with van der Waals surface area (Å²) in [6.45, 7) is -0.411. The quantitative estimate of drug-likeness (QED) is 0.847. The van der Waals surface area contributed by atoms with Crippen LogP contribution in [0.5, 0.6) is 5.75 Å². The lowest BCUT2D eigenvalue weighted by Crippen LogP contribution is -2.40. The molecular weight excluding hydrogens is 286 g/mol. The van der Waals surface area contributed by atoms with E-state index in [-0.39, 0.29) is 11.3 Å². The molecule has 1 atom stereocenters. The molecule has 0 aromatic heterocycles. The minimum Gasteiger partial charge on any atom is -0.497 e. The van der Waals surface area contributed by atoms with Crippen molar-refractivity contribution in [2.24, 2.45) is 0 Å². The molecule has 20 heavy (non-hydrogen) atoms. The molecule has 0 aliphatic carbocycles. The van der Waals surface area contributed by atoms with Crippen molar-refractivity contribution in [3.8, 4) is 5.75 Å². The largest absolute Gasteiger partial charge is 0.497 e. The predicted octanol–water partition coefficient (Wildman–Crippen LogP) is 0.112. The third-order valence-corrected chi connectivity index (χ3v) is 4.92. The molecule has 0 amide bonds. The number of carboxylic acids is 1. The maximum absolute atomic E-state index is 12.4. The number of carboxylic acid groups (broad SMARTS) is 1. The Morgan fingerprint density at radius 2 is 1.95 bits per heavy atom. The average molecular weight is 299 g/mol. The first-order valence-corrected chi connectivity index (χ1v) is 7.20. The van der Waals surface area contributed by atoms with Crippen LogP contribution in [0.2, 0.25) is 0 Å². The zero-order chi connectivity index (χ0) is 14.9. The highest BCUT2D eigenvalue weighted by Gasteiger charge is 2.43. The van der Waals surface area contributed by atoms with E-state index in [0.717, 1.165) is 4.31 Å². The van der Waals surface area contributed by atoms with E-state index in [1.165, 1.54) is 31.4 Å². The van der Waals surface area contributed by atoms with E-state index < -0.39 is 34.4 Å². The molecule has 0 radical (unpaired) electrons. The molecule has 1 aromatic rings. The van der Waals surface area contributed by atoms with E-state index in [4.69, 9.17) is 9.84 Å². The van der Waals surface area contributed by atoms with E-state index >= 15 is 0 Å². The van der Waals surface area contributed by atoms with E-state index in [2.05, 4.69) is 0 Å². The number of aliphatic carboxylic acids is 1. The van der Waals surface area contributed by atoms with Crippen LogP contribution in [0.15, 0.2) is 29.2 Å². The lowest BCUT2D eigenvalue weighted by atomic mass is 10.2. The first-order chi connectivity index (χ1) is 9.36. The van der Waals surface area contributed by atoms with Gasteiger partial charge in [-0.15, -0.1) is 0 Å². The number of methoxy groups -OCH3 is 1. The van der Waals surface area contributed by atoms with Crippen LogP contribution < -0.4 is 4.74 Å². The number of hydrogen-bond donors (Lipinski definition) is 1. The topological polar surface area (TPSA) is 101 Å². The van der Waals surface area contributed by atoms with Gasteiger partial charge in [0, 0.05) is 6.42 Å². The standard InChI is InChI=1S/C12H13NO6S/c1-19-9-2-4-10(5-3-9)20(17,18)13-7-8(14)6-11(13)12(15)16/h2-5,11H,6-7H2,1H3,(H,15,16)/t11-/m1/s1. The fourth-order valence-corrected chi connectivity index (χ4v) is 3.58. The number of ether oxygens (including phenoxy) is 1. The summed E-state index contributed by atoms with van der Waals surface area (Å²) < 4.78 is 30.4. The Kier molecular flexibility index (Phi) is 3.78. The second-order valence-electron chi connectivity index (χ2n) is 4.32. The van der Waals surface area contributed by atoms with Gasteiger partial charge in [0.05, 0.1) is 18.6 Å². The van der Waals surface area contributed by atoms with Crippen LogP contribution in [0, 0.1) is 0 Å². The van der Waals surface area contributed by atoms with Crippen molar-refractivity contribution in [3.63, 3.8) is 0 Å². The second kappa shape index (κ2) is 5.22. The van der Waals surface area contributed by atoms with E-state index in [9.17, 15) is 18.0 Å². The van der Waals surface area contributed by atoms with Crippen LogP contribution in [-0.2, 0) is 19.6 Å². The third kappa shape index (κ3) is 2.52. The SMILES string of the molecule is COc1ccc(S(=O)(=O)N2CC(=O)C[C@@H]2C(=O)O)cc1. The molecule has 0 unspecified atom stereocenters. The number of sulfonamides is 1. The summed E-state index contributed by atoms with van der Waals surface area (Å²) in [7, 11) is -2.57. The third-order valence-electron chi connectivity index (χ3n) is 3.05. The summed E-state index contributed by atoms with van der Waals surface area (Å²) in [6.07, 6.45) is -0.301. The van der Waals surface area contributed by atoms with E-state index in [1.54, 1.807) is 0 Å². The van der Waals surface area contributed by atoms with Gasteiger partial charge in [0.25, 0.3) is 0 Å². The number of Topliss-reactive ketones (excluding diaryl/α,β-unsaturated/α-hetero) is 1. The Morgan fingerprint density at radius 3 is 2.45 bits per heavy atom. The van der Waals surface area contributed by atoms with Crippen molar-refractivity contribution in [2.45, 2.75) is 17.4 Å². The zero-order valence-electron chi connectivity index (χ0n) is 10.6. The molecule has 1 saturated heterocycles. The molecule has 0 saturated carbocycles. The van der Waals surface area contributed by atoms with Crippen LogP contribution in [-0.4, -0.2) is 49.3 Å². The van der Waals surface area contributed by atoms with E-state index in [1.807, 2.05) is 0 Å². The number of benzene rings is 1. The van der Waals surface area contributed by atoms with Crippen molar-refractivity contribution in [1.82, 2.24) is 4.31 Å². The lowest BCUT2D eigenvalue weighted by molar-refractivity contribution is -0.141. The first kappa shape index (κ1) is 14.5. The van der Waals surface area contributed by atoms with Gasteiger partial charge in [-0.05, 0) is 24.3 Å². The predicted molar refractivity (Wildman–Crippen MR) is 67.9 cm³/mol. The molecule has 1 aliphatic rings. The minimum atomic E-state index is -4.01. The van der Waals surface area contributed by atoms with Gasteiger partial charge < -0.3 is 9.84 Å². The van der Waals surface area contributed by atoms with Crippen LogP contribution >= 0.6 is 0 Å². The minimum absolute atomic E-state index is 0.0701. The number of ketones is 1. The highest BCUT2D eigenvalue weighted by atomic mass is 32.2. The summed E-state index contributed by atoms with van der Waals surface area (Å²) in [5.74, 6) is -1.25. The molecule has 1 heterocycles. The number of carbonyl (C=O) groups is 2. The van der Waals surface area contributed by atoms with Gasteiger partial charge >= 0.3 is 5.97 Å². The molecule has 108 valence electrons. The Morgan fingerprint density at radius 1 is 1.35 bits per heavy atom. The van der Waals surface area contributed by atoms with Crippen molar-refractivity contribution < 1.29 is 27.9 Å². The van der Waals surface area contributed by atoms with Crippen LogP contribution in [0.1, 0.15) is 6.42 Å².